The first-order valence-electron chi connectivity index (χ1n) is 5.41. The molecule has 5 nitrogen and oxygen atoms in total. The summed E-state index contributed by atoms with van der Waals surface area (Å²) in [5, 5.41) is 1.87. The zero-order valence-electron chi connectivity index (χ0n) is 9.97. The molecule has 0 saturated heterocycles. The van der Waals surface area contributed by atoms with E-state index in [1.807, 2.05) is 17.5 Å². The van der Waals surface area contributed by atoms with Gasteiger partial charge in [0.1, 0.15) is 0 Å². The first-order chi connectivity index (χ1) is 8.52. The van der Waals surface area contributed by atoms with Gasteiger partial charge in [0.2, 0.25) is 0 Å². The molecule has 0 bridgehead atoms. The van der Waals surface area contributed by atoms with Crippen LogP contribution in [0.3, 0.4) is 0 Å². The predicted molar refractivity (Wildman–Crippen MR) is 69.5 cm³/mol. The van der Waals surface area contributed by atoms with Crippen molar-refractivity contribution in [2.75, 3.05) is 0 Å². The molecule has 0 saturated carbocycles. The minimum Gasteiger partial charge on any atom is -0.313 e. The van der Waals surface area contributed by atoms with Crippen LogP contribution < -0.4 is 11.2 Å². The van der Waals surface area contributed by atoms with Crippen LogP contribution in [0.2, 0.25) is 0 Å². The topological polar surface area (TPSA) is 71.9 Å². The van der Waals surface area contributed by atoms with Crippen LogP contribution in [0.15, 0.2) is 33.3 Å². The summed E-state index contributed by atoms with van der Waals surface area (Å²) in [6, 6.07) is 3.31. The molecule has 1 atom stereocenters. The quantitative estimate of drug-likeness (QED) is 0.852. The molecule has 0 spiro atoms. The minimum atomic E-state index is -0.549. The second kappa shape index (κ2) is 4.73. The van der Waals surface area contributed by atoms with Gasteiger partial charge in [-0.25, -0.2) is 4.79 Å². The number of carbonyl (C=O) groups is 1. The van der Waals surface area contributed by atoms with Gasteiger partial charge in [0.15, 0.2) is 5.78 Å². The zero-order chi connectivity index (χ0) is 13.3. The van der Waals surface area contributed by atoms with Gasteiger partial charge in [-0.15, -0.1) is 11.3 Å². The van der Waals surface area contributed by atoms with Crippen LogP contribution in [-0.4, -0.2) is 15.3 Å². The van der Waals surface area contributed by atoms with E-state index in [4.69, 9.17) is 0 Å². The monoisotopic (exact) mass is 264 g/mol. The Morgan fingerprint density at radius 1 is 1.44 bits per heavy atom. The molecule has 0 aromatic carbocycles. The summed E-state index contributed by atoms with van der Waals surface area (Å²) in [5.74, 6) is -0.358. The summed E-state index contributed by atoms with van der Waals surface area (Å²) < 4.78 is 1.07. The van der Waals surface area contributed by atoms with Gasteiger partial charge >= 0.3 is 5.69 Å². The van der Waals surface area contributed by atoms with E-state index in [2.05, 4.69) is 4.98 Å². The minimum absolute atomic E-state index is 0.00185. The largest absolute Gasteiger partial charge is 0.328 e. The highest BCUT2D eigenvalue weighted by molar-refractivity contribution is 7.10. The lowest BCUT2D eigenvalue weighted by atomic mass is 10.2. The van der Waals surface area contributed by atoms with E-state index in [9.17, 15) is 14.4 Å². The van der Waals surface area contributed by atoms with E-state index in [1.165, 1.54) is 24.5 Å². The third kappa shape index (κ3) is 2.06. The normalized spacial score (nSPS) is 12.3. The molecular weight excluding hydrogens is 252 g/mol. The van der Waals surface area contributed by atoms with Crippen LogP contribution in [0.4, 0.5) is 0 Å². The van der Waals surface area contributed by atoms with Crippen LogP contribution >= 0.6 is 11.3 Å². The molecule has 0 radical (unpaired) electrons. The standard InChI is InChI=1S/C12H12N2O3S/c1-7(10-4-3-5-18-10)14-11(16)9(8(2)15)6-13-12(14)17/h3-7H,1-2H3,(H,13,17). The molecule has 1 unspecified atom stereocenters. The predicted octanol–water partition coefficient (Wildman–Crippen LogP) is 1.41. The number of thiophene rings is 1. The molecule has 0 aliphatic carbocycles. The number of hydrogen-bond donors (Lipinski definition) is 1. The average Bonchev–Trinajstić information content (AvgIpc) is 2.81. The van der Waals surface area contributed by atoms with Crippen molar-refractivity contribution in [3.8, 4) is 0 Å². The van der Waals surface area contributed by atoms with Crippen LogP contribution in [0, 0.1) is 0 Å². The van der Waals surface area contributed by atoms with E-state index < -0.39 is 11.2 Å². The molecule has 18 heavy (non-hydrogen) atoms. The average molecular weight is 264 g/mol. The molecule has 0 fully saturated rings. The summed E-state index contributed by atoms with van der Waals surface area (Å²) >= 11 is 1.46. The molecular formula is C12H12N2O3S. The first-order valence-corrected chi connectivity index (χ1v) is 6.29. The number of nitrogens with zero attached hydrogens (tertiary/aromatic N) is 1. The maximum Gasteiger partial charge on any atom is 0.328 e. The first kappa shape index (κ1) is 12.5. The smallest absolute Gasteiger partial charge is 0.313 e. The summed E-state index contributed by atoms with van der Waals surface area (Å²) in [5.41, 5.74) is -1.06. The number of H-pyrrole nitrogens is 1. The van der Waals surface area contributed by atoms with E-state index >= 15 is 0 Å². The fraction of sp³-hybridized carbons (Fsp3) is 0.250. The van der Waals surface area contributed by atoms with Crippen molar-refractivity contribution in [3.05, 3.63) is 55.0 Å². The fourth-order valence-corrected chi connectivity index (χ4v) is 2.52. The van der Waals surface area contributed by atoms with Gasteiger partial charge < -0.3 is 4.98 Å². The van der Waals surface area contributed by atoms with Crippen LogP contribution in [0.25, 0.3) is 0 Å². The van der Waals surface area contributed by atoms with Crippen molar-refractivity contribution >= 4 is 17.1 Å². The zero-order valence-corrected chi connectivity index (χ0v) is 10.8. The SMILES string of the molecule is CC(=O)c1c[nH]c(=O)n(C(C)c2cccs2)c1=O. The molecule has 94 valence electrons. The second-order valence-corrected chi connectivity index (χ2v) is 4.91. The summed E-state index contributed by atoms with van der Waals surface area (Å²) in [4.78, 5) is 38.5. The number of aromatic nitrogens is 2. The van der Waals surface area contributed by atoms with Crippen molar-refractivity contribution < 1.29 is 4.79 Å². The van der Waals surface area contributed by atoms with Crippen molar-refractivity contribution in [2.24, 2.45) is 0 Å². The molecule has 2 heterocycles. The van der Waals surface area contributed by atoms with E-state index in [0.717, 1.165) is 9.44 Å². The number of Topliss-reactive ketones (excluding diaryl/α,β-unsaturated/α-hetero) is 1. The molecule has 2 aromatic rings. The Bertz CT molecular complexity index is 682. The van der Waals surface area contributed by atoms with Gasteiger partial charge in [0.25, 0.3) is 5.56 Å². The van der Waals surface area contributed by atoms with E-state index in [-0.39, 0.29) is 17.4 Å². The van der Waals surface area contributed by atoms with Gasteiger partial charge in [-0.05, 0) is 25.3 Å². The number of hydrogen-bond acceptors (Lipinski definition) is 4. The lowest BCUT2D eigenvalue weighted by Crippen LogP contribution is -2.39. The van der Waals surface area contributed by atoms with Gasteiger partial charge in [0.05, 0.1) is 11.6 Å². The maximum atomic E-state index is 12.1. The third-order valence-corrected chi connectivity index (χ3v) is 3.77. The van der Waals surface area contributed by atoms with Crippen molar-refractivity contribution in [3.63, 3.8) is 0 Å². The fourth-order valence-electron chi connectivity index (χ4n) is 1.75. The molecule has 0 amide bonds. The highest BCUT2D eigenvalue weighted by atomic mass is 32.1. The molecule has 2 rings (SSSR count). The van der Waals surface area contributed by atoms with Crippen LogP contribution in [0.5, 0.6) is 0 Å². The van der Waals surface area contributed by atoms with Gasteiger partial charge in [0, 0.05) is 11.1 Å². The van der Waals surface area contributed by atoms with Gasteiger partial charge in [-0.1, -0.05) is 6.07 Å². The summed E-state index contributed by atoms with van der Waals surface area (Å²) in [6.45, 7) is 3.06. The van der Waals surface area contributed by atoms with Crippen molar-refractivity contribution in [2.45, 2.75) is 19.9 Å². The number of rotatable bonds is 3. The third-order valence-electron chi connectivity index (χ3n) is 2.73. The summed E-state index contributed by atoms with van der Waals surface area (Å²) in [6.07, 6.45) is 1.17. The number of aromatic amines is 1. The van der Waals surface area contributed by atoms with Crippen molar-refractivity contribution in [1.29, 1.82) is 0 Å². The summed E-state index contributed by atoms with van der Waals surface area (Å²) in [7, 11) is 0. The van der Waals surface area contributed by atoms with Gasteiger partial charge in [-0.2, -0.15) is 0 Å². The molecule has 0 aliphatic heterocycles. The molecule has 2 aromatic heterocycles. The van der Waals surface area contributed by atoms with Crippen molar-refractivity contribution in [1.82, 2.24) is 9.55 Å². The Morgan fingerprint density at radius 3 is 2.72 bits per heavy atom. The Labute approximate surface area is 107 Å². The highest BCUT2D eigenvalue weighted by Gasteiger charge is 2.17. The van der Waals surface area contributed by atoms with E-state index in [1.54, 1.807) is 6.92 Å². The Balaban J connectivity index is 2.64. The Hall–Kier alpha value is -1.95. The molecule has 0 aliphatic rings. The lowest BCUT2D eigenvalue weighted by molar-refractivity contribution is 0.101. The number of nitrogens with one attached hydrogen (secondary N) is 1. The lowest BCUT2D eigenvalue weighted by Gasteiger charge is -2.12. The van der Waals surface area contributed by atoms with E-state index in [0.29, 0.717) is 0 Å². The molecule has 6 heteroatoms. The molecule has 1 N–H and O–H groups in total. The second-order valence-electron chi connectivity index (χ2n) is 3.93. The Morgan fingerprint density at radius 2 is 2.17 bits per heavy atom. The number of ketones is 1. The van der Waals surface area contributed by atoms with Crippen LogP contribution in [-0.2, 0) is 0 Å². The van der Waals surface area contributed by atoms with Gasteiger partial charge in [-0.3, -0.25) is 14.2 Å². The maximum absolute atomic E-state index is 12.1. The highest BCUT2D eigenvalue weighted by Crippen LogP contribution is 2.19. The number of carbonyl (C=O) groups excluding carboxylic acids is 1. The van der Waals surface area contributed by atoms with Crippen LogP contribution in [0.1, 0.15) is 35.1 Å². The Kier molecular flexibility index (Phi) is 3.29.